The first-order valence-electron chi connectivity index (χ1n) is 11.8. The van der Waals surface area contributed by atoms with Gasteiger partial charge < -0.3 is 15.0 Å². The lowest BCUT2D eigenvalue weighted by Gasteiger charge is -2.34. The zero-order chi connectivity index (χ0) is 24.3. The number of sulfonamides is 1. The standard InChI is InChI=1S/C25H34N4O4S/c1-19-16-29(17-20(2)33-19)34(31,32)24-9-5-7-22(15-24)25(30)26-23-8-4-6-21(14-23)18-28-12-10-27(3)11-13-28/h4-9,14-15,19-20H,10-13,16-18H2,1-3H3,(H,26,30). The first kappa shape index (κ1) is 24.8. The third-order valence-corrected chi connectivity index (χ3v) is 8.13. The Morgan fingerprint density at radius 3 is 2.38 bits per heavy atom. The van der Waals surface area contributed by atoms with Crippen molar-refractivity contribution in [3.63, 3.8) is 0 Å². The highest BCUT2D eigenvalue weighted by Gasteiger charge is 2.32. The van der Waals surface area contributed by atoms with E-state index in [4.69, 9.17) is 4.74 Å². The monoisotopic (exact) mass is 486 g/mol. The van der Waals surface area contributed by atoms with Crippen molar-refractivity contribution in [2.45, 2.75) is 37.5 Å². The Hall–Kier alpha value is -2.30. The summed E-state index contributed by atoms with van der Waals surface area (Å²) < 4.78 is 33.5. The molecule has 1 N–H and O–H groups in total. The molecule has 2 aliphatic rings. The average molecular weight is 487 g/mol. The second-order valence-corrected chi connectivity index (χ2v) is 11.3. The molecule has 1 amide bonds. The van der Waals surface area contributed by atoms with Gasteiger partial charge in [-0.2, -0.15) is 4.31 Å². The predicted molar refractivity (Wildman–Crippen MR) is 132 cm³/mol. The van der Waals surface area contributed by atoms with Gasteiger partial charge >= 0.3 is 0 Å². The third kappa shape index (κ3) is 6.03. The van der Waals surface area contributed by atoms with E-state index in [-0.39, 0.29) is 23.0 Å². The van der Waals surface area contributed by atoms with E-state index < -0.39 is 10.0 Å². The first-order valence-corrected chi connectivity index (χ1v) is 13.2. The first-order chi connectivity index (χ1) is 16.2. The topological polar surface area (TPSA) is 82.2 Å². The Morgan fingerprint density at radius 1 is 1.00 bits per heavy atom. The molecule has 2 aliphatic heterocycles. The fourth-order valence-corrected chi connectivity index (χ4v) is 6.13. The van der Waals surface area contributed by atoms with E-state index in [0.29, 0.717) is 24.3 Å². The van der Waals surface area contributed by atoms with Crippen LogP contribution in [0.25, 0.3) is 0 Å². The minimum Gasteiger partial charge on any atom is -0.373 e. The van der Waals surface area contributed by atoms with Crippen LogP contribution in [0.5, 0.6) is 0 Å². The minimum absolute atomic E-state index is 0.116. The number of carbonyl (C=O) groups excluding carboxylic acids is 1. The van der Waals surface area contributed by atoms with Gasteiger partial charge in [-0.15, -0.1) is 0 Å². The van der Waals surface area contributed by atoms with Gasteiger partial charge in [-0.3, -0.25) is 9.69 Å². The maximum atomic E-state index is 13.2. The summed E-state index contributed by atoms with van der Waals surface area (Å²) >= 11 is 0. The molecule has 2 heterocycles. The van der Waals surface area contributed by atoms with E-state index in [1.54, 1.807) is 12.1 Å². The number of piperazine rings is 1. The van der Waals surface area contributed by atoms with Gasteiger partial charge in [-0.25, -0.2) is 8.42 Å². The van der Waals surface area contributed by atoms with Crippen LogP contribution in [0.15, 0.2) is 53.4 Å². The number of amides is 1. The van der Waals surface area contributed by atoms with Gasteiger partial charge in [0.05, 0.1) is 17.1 Å². The Morgan fingerprint density at radius 2 is 1.68 bits per heavy atom. The third-order valence-electron chi connectivity index (χ3n) is 6.31. The van der Waals surface area contributed by atoms with Gasteiger partial charge in [0.2, 0.25) is 10.0 Å². The smallest absolute Gasteiger partial charge is 0.255 e. The van der Waals surface area contributed by atoms with Crippen LogP contribution in [-0.2, 0) is 21.3 Å². The molecule has 0 saturated carbocycles. The number of morpholine rings is 1. The van der Waals surface area contributed by atoms with Crippen molar-refractivity contribution < 1.29 is 17.9 Å². The van der Waals surface area contributed by atoms with E-state index in [0.717, 1.165) is 38.3 Å². The van der Waals surface area contributed by atoms with Crippen molar-refractivity contribution in [3.05, 3.63) is 59.7 Å². The van der Waals surface area contributed by atoms with Crippen molar-refractivity contribution in [1.82, 2.24) is 14.1 Å². The van der Waals surface area contributed by atoms with E-state index in [1.807, 2.05) is 32.0 Å². The van der Waals surface area contributed by atoms with E-state index >= 15 is 0 Å². The summed E-state index contributed by atoms with van der Waals surface area (Å²) in [6.45, 7) is 9.30. The van der Waals surface area contributed by atoms with Gasteiger partial charge in [-0.05, 0) is 56.8 Å². The fraction of sp³-hybridized carbons (Fsp3) is 0.480. The molecule has 34 heavy (non-hydrogen) atoms. The van der Waals surface area contributed by atoms with E-state index in [1.165, 1.54) is 16.4 Å². The average Bonchev–Trinajstić information content (AvgIpc) is 2.80. The molecule has 2 saturated heterocycles. The summed E-state index contributed by atoms with van der Waals surface area (Å²) in [6.07, 6.45) is -0.355. The van der Waals surface area contributed by atoms with Crippen LogP contribution >= 0.6 is 0 Å². The molecule has 2 atom stereocenters. The number of hydrogen-bond acceptors (Lipinski definition) is 6. The molecule has 0 aliphatic carbocycles. The number of nitrogens with one attached hydrogen (secondary N) is 1. The Balaban J connectivity index is 1.44. The van der Waals surface area contributed by atoms with Crippen LogP contribution in [0.1, 0.15) is 29.8 Å². The van der Waals surface area contributed by atoms with Crippen LogP contribution in [-0.4, -0.2) is 87.0 Å². The lowest BCUT2D eigenvalue weighted by Crippen LogP contribution is -2.48. The molecular formula is C25H34N4O4S. The number of nitrogens with zero attached hydrogens (tertiary/aromatic N) is 3. The molecule has 0 bridgehead atoms. The SMILES string of the molecule is CC1CN(S(=O)(=O)c2cccc(C(=O)Nc3cccc(CN4CCN(C)CC4)c3)c2)CC(C)O1. The summed E-state index contributed by atoms with van der Waals surface area (Å²) in [7, 11) is -1.58. The number of rotatable bonds is 6. The highest BCUT2D eigenvalue weighted by molar-refractivity contribution is 7.89. The van der Waals surface area contributed by atoms with E-state index in [2.05, 4.69) is 28.2 Å². The second-order valence-electron chi connectivity index (χ2n) is 9.34. The lowest BCUT2D eigenvalue weighted by molar-refractivity contribution is -0.0440. The molecule has 0 aromatic heterocycles. The predicted octanol–water partition coefficient (Wildman–Crippen LogP) is 2.48. The summed E-state index contributed by atoms with van der Waals surface area (Å²) in [5.41, 5.74) is 2.13. The Bertz CT molecular complexity index is 1110. The van der Waals surface area contributed by atoms with Gasteiger partial charge in [0.25, 0.3) is 5.91 Å². The molecule has 184 valence electrons. The zero-order valence-electron chi connectivity index (χ0n) is 20.1. The van der Waals surface area contributed by atoms with Gasteiger partial charge in [0.1, 0.15) is 0 Å². The van der Waals surface area contributed by atoms with Crippen molar-refractivity contribution in [1.29, 1.82) is 0 Å². The number of benzene rings is 2. The Labute approximate surface area is 202 Å². The lowest BCUT2D eigenvalue weighted by atomic mass is 10.1. The minimum atomic E-state index is -3.72. The molecule has 0 spiro atoms. The normalized spacial score (nSPS) is 23.0. The summed E-state index contributed by atoms with van der Waals surface area (Å²) in [6, 6.07) is 14.0. The van der Waals surface area contributed by atoms with Crippen molar-refractivity contribution in [2.24, 2.45) is 0 Å². The molecule has 2 aromatic rings. The van der Waals surface area contributed by atoms with Gasteiger partial charge in [0.15, 0.2) is 0 Å². The molecular weight excluding hydrogens is 452 g/mol. The van der Waals surface area contributed by atoms with Crippen molar-refractivity contribution in [2.75, 3.05) is 51.6 Å². The quantitative estimate of drug-likeness (QED) is 0.676. The number of likely N-dealkylation sites (N-methyl/N-ethyl adjacent to an activating group) is 1. The van der Waals surface area contributed by atoms with Crippen LogP contribution in [0.2, 0.25) is 0 Å². The highest BCUT2D eigenvalue weighted by atomic mass is 32.2. The summed E-state index contributed by atoms with van der Waals surface area (Å²) in [4.78, 5) is 17.8. The van der Waals surface area contributed by atoms with Crippen LogP contribution in [0, 0.1) is 0 Å². The Kier molecular flexibility index (Phi) is 7.69. The number of anilines is 1. The van der Waals surface area contributed by atoms with Crippen molar-refractivity contribution in [3.8, 4) is 0 Å². The molecule has 9 heteroatoms. The molecule has 8 nitrogen and oxygen atoms in total. The molecule has 2 aromatic carbocycles. The number of carbonyl (C=O) groups is 1. The number of hydrogen-bond donors (Lipinski definition) is 1. The number of ether oxygens (including phenoxy) is 1. The molecule has 4 rings (SSSR count). The molecule has 2 unspecified atom stereocenters. The molecule has 2 fully saturated rings. The fourth-order valence-electron chi connectivity index (χ4n) is 4.49. The summed E-state index contributed by atoms with van der Waals surface area (Å²) in [5.74, 6) is -0.336. The largest absolute Gasteiger partial charge is 0.373 e. The van der Waals surface area contributed by atoms with Gasteiger partial charge in [-0.1, -0.05) is 18.2 Å². The zero-order valence-corrected chi connectivity index (χ0v) is 20.9. The highest BCUT2D eigenvalue weighted by Crippen LogP contribution is 2.22. The van der Waals surface area contributed by atoms with Crippen molar-refractivity contribution >= 4 is 21.6 Å². The van der Waals surface area contributed by atoms with Crippen LogP contribution < -0.4 is 5.32 Å². The summed E-state index contributed by atoms with van der Waals surface area (Å²) in [5, 5.41) is 2.92. The second kappa shape index (κ2) is 10.5. The molecule has 0 radical (unpaired) electrons. The van der Waals surface area contributed by atoms with Crippen LogP contribution in [0.3, 0.4) is 0 Å². The van der Waals surface area contributed by atoms with Crippen LogP contribution in [0.4, 0.5) is 5.69 Å². The maximum Gasteiger partial charge on any atom is 0.255 e. The maximum absolute atomic E-state index is 13.2. The van der Waals surface area contributed by atoms with E-state index in [9.17, 15) is 13.2 Å². The van der Waals surface area contributed by atoms with Gasteiger partial charge in [0, 0.05) is 57.1 Å².